The number of carbonyl (C=O) groups excluding carboxylic acids is 1. The second-order valence-electron chi connectivity index (χ2n) is 7.89. The fraction of sp³-hybridized carbons (Fsp3) is 0.320. The first-order valence-corrected chi connectivity index (χ1v) is 10.1. The zero-order chi connectivity index (χ0) is 19.5. The lowest BCUT2D eigenvalue weighted by Crippen LogP contribution is -2.47. The first-order chi connectivity index (χ1) is 13.7. The van der Waals surface area contributed by atoms with E-state index in [1.54, 1.807) is 0 Å². The molecule has 1 fully saturated rings. The Morgan fingerprint density at radius 3 is 2.29 bits per heavy atom. The van der Waals surface area contributed by atoms with Crippen molar-refractivity contribution in [3.8, 4) is 0 Å². The van der Waals surface area contributed by atoms with Crippen LogP contribution in [0.4, 0.5) is 0 Å². The smallest absolute Gasteiger partial charge is 0.223 e. The molecule has 3 nitrogen and oxygen atoms in total. The van der Waals surface area contributed by atoms with Gasteiger partial charge in [-0.1, -0.05) is 79.7 Å². The standard InChI is InChI=1S/C25H27NO2/c1-17-22(19-8-3-2-4-9-19)13-14-23(24(16-27)26-25(17)28)21-12-11-18-7-5-6-10-20(18)15-21/h2-12,15,17,22-24,27H,13-14,16H2,1H3,(H,26,28)/t17-,22+,23-,24-/m1/s1. The van der Waals surface area contributed by atoms with E-state index >= 15 is 0 Å². The fourth-order valence-electron chi connectivity index (χ4n) is 4.57. The van der Waals surface area contributed by atoms with E-state index in [1.807, 2.05) is 37.3 Å². The zero-order valence-electron chi connectivity index (χ0n) is 16.2. The van der Waals surface area contributed by atoms with Crippen LogP contribution >= 0.6 is 0 Å². The Kier molecular flexibility index (Phi) is 5.45. The molecule has 28 heavy (non-hydrogen) atoms. The number of hydrogen-bond donors (Lipinski definition) is 2. The molecule has 4 rings (SSSR count). The van der Waals surface area contributed by atoms with Crippen LogP contribution in [-0.4, -0.2) is 23.7 Å². The number of aliphatic hydroxyl groups is 1. The zero-order valence-corrected chi connectivity index (χ0v) is 16.2. The normalized spacial score (nSPS) is 25.7. The van der Waals surface area contributed by atoms with Crippen LogP contribution in [0.3, 0.4) is 0 Å². The molecule has 3 aromatic rings. The van der Waals surface area contributed by atoms with Gasteiger partial charge >= 0.3 is 0 Å². The van der Waals surface area contributed by atoms with Crippen molar-refractivity contribution in [2.45, 2.75) is 37.6 Å². The lowest BCUT2D eigenvalue weighted by molar-refractivity contribution is -0.127. The molecule has 0 radical (unpaired) electrons. The molecule has 144 valence electrons. The lowest BCUT2D eigenvalue weighted by atomic mass is 9.76. The average Bonchev–Trinajstić information content (AvgIpc) is 2.74. The minimum atomic E-state index is -0.257. The molecule has 1 heterocycles. The molecule has 4 atom stereocenters. The summed E-state index contributed by atoms with van der Waals surface area (Å²) in [4.78, 5) is 12.9. The molecule has 0 saturated carbocycles. The van der Waals surface area contributed by atoms with E-state index in [-0.39, 0.29) is 36.3 Å². The fourth-order valence-corrected chi connectivity index (χ4v) is 4.57. The third-order valence-electron chi connectivity index (χ3n) is 6.25. The number of hydrogen-bond acceptors (Lipinski definition) is 2. The topological polar surface area (TPSA) is 49.3 Å². The highest BCUT2D eigenvalue weighted by Crippen LogP contribution is 2.37. The second kappa shape index (κ2) is 8.15. The molecular formula is C25H27NO2. The molecule has 0 aromatic heterocycles. The molecule has 1 amide bonds. The average molecular weight is 373 g/mol. The molecule has 2 N–H and O–H groups in total. The molecule has 0 unspecified atom stereocenters. The van der Waals surface area contributed by atoms with E-state index in [1.165, 1.54) is 21.9 Å². The minimum absolute atomic E-state index is 0.0263. The molecule has 1 saturated heterocycles. The Bertz CT molecular complexity index is 953. The molecule has 1 aliphatic heterocycles. The molecule has 3 aromatic carbocycles. The Balaban J connectivity index is 1.68. The third-order valence-corrected chi connectivity index (χ3v) is 6.25. The van der Waals surface area contributed by atoms with E-state index in [9.17, 15) is 9.90 Å². The maximum atomic E-state index is 12.9. The second-order valence-corrected chi connectivity index (χ2v) is 7.89. The van der Waals surface area contributed by atoms with Gasteiger partial charge in [0.15, 0.2) is 0 Å². The van der Waals surface area contributed by atoms with Crippen molar-refractivity contribution < 1.29 is 9.90 Å². The van der Waals surface area contributed by atoms with Gasteiger partial charge in [-0.15, -0.1) is 0 Å². The summed E-state index contributed by atoms with van der Waals surface area (Å²) < 4.78 is 0. The monoisotopic (exact) mass is 373 g/mol. The van der Waals surface area contributed by atoms with Crippen molar-refractivity contribution >= 4 is 16.7 Å². The van der Waals surface area contributed by atoms with Gasteiger partial charge in [-0.25, -0.2) is 0 Å². The predicted molar refractivity (Wildman–Crippen MR) is 113 cm³/mol. The van der Waals surface area contributed by atoms with Crippen LogP contribution in [0.5, 0.6) is 0 Å². The summed E-state index contributed by atoms with van der Waals surface area (Å²) in [7, 11) is 0. The van der Waals surface area contributed by atoms with E-state index in [0.29, 0.717) is 0 Å². The molecular weight excluding hydrogens is 346 g/mol. The quantitative estimate of drug-likeness (QED) is 0.704. The number of nitrogens with one attached hydrogen (secondary N) is 1. The van der Waals surface area contributed by atoms with Crippen LogP contribution in [0, 0.1) is 5.92 Å². The molecule has 0 bridgehead atoms. The van der Waals surface area contributed by atoms with E-state index < -0.39 is 0 Å². The van der Waals surface area contributed by atoms with Crippen molar-refractivity contribution in [1.29, 1.82) is 0 Å². The molecule has 1 aliphatic rings. The summed E-state index contributed by atoms with van der Waals surface area (Å²) in [5.74, 6) is 0.188. The van der Waals surface area contributed by atoms with Gasteiger partial charge in [0.25, 0.3) is 0 Å². The van der Waals surface area contributed by atoms with Gasteiger partial charge in [-0.3, -0.25) is 4.79 Å². The molecule has 0 aliphatic carbocycles. The van der Waals surface area contributed by atoms with Crippen LogP contribution in [-0.2, 0) is 4.79 Å². The van der Waals surface area contributed by atoms with Gasteiger partial charge in [0, 0.05) is 11.8 Å². The van der Waals surface area contributed by atoms with Gasteiger partial charge in [-0.05, 0) is 40.7 Å². The summed E-state index contributed by atoms with van der Waals surface area (Å²) in [6, 6.07) is 24.9. The summed E-state index contributed by atoms with van der Waals surface area (Å²) >= 11 is 0. The lowest BCUT2D eigenvalue weighted by Gasteiger charge is -2.35. The highest BCUT2D eigenvalue weighted by Gasteiger charge is 2.34. The Hall–Kier alpha value is -2.65. The highest BCUT2D eigenvalue weighted by atomic mass is 16.3. The van der Waals surface area contributed by atoms with Crippen molar-refractivity contribution in [2.75, 3.05) is 6.61 Å². The Morgan fingerprint density at radius 2 is 1.54 bits per heavy atom. The van der Waals surface area contributed by atoms with Gasteiger partial charge in [0.1, 0.15) is 0 Å². The number of carbonyl (C=O) groups is 1. The number of amides is 1. The van der Waals surface area contributed by atoms with Crippen LogP contribution in [0.2, 0.25) is 0 Å². The summed E-state index contributed by atoms with van der Waals surface area (Å²) in [6.07, 6.45) is 1.85. The number of rotatable bonds is 3. The van der Waals surface area contributed by atoms with Gasteiger partial charge in [0.05, 0.1) is 12.6 Å². The van der Waals surface area contributed by atoms with Crippen LogP contribution in [0.1, 0.15) is 42.7 Å². The van der Waals surface area contributed by atoms with Gasteiger partial charge in [0.2, 0.25) is 5.91 Å². The van der Waals surface area contributed by atoms with Crippen molar-refractivity contribution in [3.63, 3.8) is 0 Å². The maximum absolute atomic E-state index is 12.9. The van der Waals surface area contributed by atoms with Gasteiger partial charge < -0.3 is 10.4 Å². The number of fused-ring (bicyclic) bond motifs is 1. The van der Waals surface area contributed by atoms with Crippen molar-refractivity contribution in [3.05, 3.63) is 83.9 Å². The van der Waals surface area contributed by atoms with Crippen LogP contribution < -0.4 is 5.32 Å². The van der Waals surface area contributed by atoms with E-state index in [2.05, 4.69) is 47.8 Å². The Labute approximate surface area is 166 Å². The first-order valence-electron chi connectivity index (χ1n) is 10.1. The molecule has 0 spiro atoms. The molecule has 3 heteroatoms. The minimum Gasteiger partial charge on any atom is -0.394 e. The first kappa shape index (κ1) is 18.7. The van der Waals surface area contributed by atoms with Crippen LogP contribution in [0.15, 0.2) is 72.8 Å². The van der Waals surface area contributed by atoms with E-state index in [4.69, 9.17) is 0 Å². The summed E-state index contributed by atoms with van der Waals surface area (Å²) in [5, 5.41) is 15.5. The SMILES string of the molecule is C[C@H]1C(=O)N[C@H](CO)[C@@H](c2ccc3ccccc3c2)CC[C@@H]1c1ccccc1. The highest BCUT2D eigenvalue weighted by molar-refractivity contribution is 5.83. The third kappa shape index (κ3) is 3.67. The number of benzene rings is 3. The summed E-state index contributed by atoms with van der Waals surface area (Å²) in [5.41, 5.74) is 2.39. The predicted octanol–water partition coefficient (Wildman–Crippen LogP) is 4.61. The van der Waals surface area contributed by atoms with E-state index in [0.717, 1.165) is 12.8 Å². The Morgan fingerprint density at radius 1 is 0.857 bits per heavy atom. The van der Waals surface area contributed by atoms with Crippen molar-refractivity contribution in [2.24, 2.45) is 5.92 Å². The van der Waals surface area contributed by atoms with Crippen LogP contribution in [0.25, 0.3) is 10.8 Å². The van der Waals surface area contributed by atoms with Gasteiger partial charge in [-0.2, -0.15) is 0 Å². The summed E-state index contributed by atoms with van der Waals surface area (Å²) in [6.45, 7) is 1.95. The van der Waals surface area contributed by atoms with Crippen molar-refractivity contribution in [1.82, 2.24) is 5.32 Å². The largest absolute Gasteiger partial charge is 0.394 e. The maximum Gasteiger partial charge on any atom is 0.223 e. The number of aliphatic hydroxyl groups excluding tert-OH is 1.